The van der Waals surface area contributed by atoms with Crippen molar-refractivity contribution in [1.82, 2.24) is 0 Å². The minimum Gasteiger partial charge on any atom is -0.125 e. The number of hydrogen-bond donors (Lipinski definition) is 0. The van der Waals surface area contributed by atoms with Crippen molar-refractivity contribution < 1.29 is 0 Å². The number of rotatable bonds is 10. The Hall–Kier alpha value is -2.04. The predicted octanol–water partition coefficient (Wildman–Crippen LogP) is 7.77. The molecule has 0 aliphatic rings. The number of benzene rings is 1. The number of allylic oxidation sites excluding steroid dienone is 5. The van der Waals surface area contributed by atoms with E-state index in [2.05, 4.69) is 83.0 Å². The highest BCUT2D eigenvalue weighted by Crippen LogP contribution is 2.33. The van der Waals surface area contributed by atoms with Crippen molar-refractivity contribution >= 4 is 0 Å². The van der Waals surface area contributed by atoms with Gasteiger partial charge in [0.25, 0.3) is 0 Å². The first kappa shape index (κ1) is 22.0. The molecule has 0 radical (unpaired) electrons. The molecule has 26 heavy (non-hydrogen) atoms. The van der Waals surface area contributed by atoms with E-state index in [1.807, 2.05) is 13.0 Å². The lowest BCUT2D eigenvalue weighted by molar-refractivity contribution is 0.453. The summed E-state index contributed by atoms with van der Waals surface area (Å²) in [5, 5.41) is 0. The van der Waals surface area contributed by atoms with Gasteiger partial charge in [-0.3, -0.25) is 0 Å². The summed E-state index contributed by atoms with van der Waals surface area (Å²) in [7, 11) is 0. The van der Waals surface area contributed by atoms with Crippen LogP contribution in [0.2, 0.25) is 0 Å². The molecule has 0 saturated carbocycles. The van der Waals surface area contributed by atoms with E-state index in [0.717, 1.165) is 25.7 Å². The van der Waals surface area contributed by atoms with Gasteiger partial charge >= 0.3 is 0 Å². The third kappa shape index (κ3) is 7.46. The molecule has 0 spiro atoms. The van der Waals surface area contributed by atoms with E-state index in [0.29, 0.717) is 11.8 Å². The van der Waals surface area contributed by atoms with E-state index in [1.54, 1.807) is 0 Å². The van der Waals surface area contributed by atoms with Gasteiger partial charge in [0, 0.05) is 0 Å². The van der Waals surface area contributed by atoms with Crippen LogP contribution in [0.3, 0.4) is 0 Å². The van der Waals surface area contributed by atoms with Gasteiger partial charge in [0.05, 0.1) is 0 Å². The van der Waals surface area contributed by atoms with Crippen molar-refractivity contribution in [2.24, 2.45) is 11.8 Å². The van der Waals surface area contributed by atoms with Crippen LogP contribution in [-0.4, -0.2) is 0 Å². The molecule has 1 aromatic rings. The van der Waals surface area contributed by atoms with Crippen molar-refractivity contribution in [3.63, 3.8) is 0 Å². The first-order valence-corrected chi connectivity index (χ1v) is 9.83. The molecular formula is C26H36. The Bertz CT molecular complexity index is 675. The van der Waals surface area contributed by atoms with Crippen LogP contribution in [0.25, 0.3) is 0 Å². The molecule has 0 amide bonds. The second-order valence-electron chi connectivity index (χ2n) is 7.38. The molecule has 2 atom stereocenters. The van der Waals surface area contributed by atoms with E-state index < -0.39 is 0 Å². The van der Waals surface area contributed by atoms with Crippen LogP contribution in [0.4, 0.5) is 0 Å². The summed E-state index contributed by atoms with van der Waals surface area (Å²) in [6.07, 6.45) is 10.5. The van der Waals surface area contributed by atoms with Gasteiger partial charge in [0.1, 0.15) is 0 Å². The lowest BCUT2D eigenvalue weighted by atomic mass is 9.78. The SMILES string of the molecule is C=C(CCc1ccc(C)cc1)C(C)C(C/C(C=C=CC)=C/CC)C(=C)C. The van der Waals surface area contributed by atoms with E-state index in [-0.39, 0.29) is 0 Å². The fourth-order valence-electron chi connectivity index (χ4n) is 3.26. The van der Waals surface area contributed by atoms with Gasteiger partial charge in [-0.25, -0.2) is 0 Å². The third-order valence-corrected chi connectivity index (χ3v) is 5.09. The van der Waals surface area contributed by atoms with Crippen LogP contribution in [0.15, 0.2) is 78.1 Å². The zero-order chi connectivity index (χ0) is 19.5. The first-order chi connectivity index (χ1) is 12.4. The van der Waals surface area contributed by atoms with Crippen molar-refractivity contribution in [1.29, 1.82) is 0 Å². The molecule has 0 aliphatic heterocycles. The molecule has 0 saturated heterocycles. The fourth-order valence-corrected chi connectivity index (χ4v) is 3.26. The Balaban J connectivity index is 2.79. The van der Waals surface area contributed by atoms with Crippen LogP contribution in [0, 0.1) is 18.8 Å². The summed E-state index contributed by atoms with van der Waals surface area (Å²) >= 11 is 0. The van der Waals surface area contributed by atoms with Crippen LogP contribution in [0.5, 0.6) is 0 Å². The largest absolute Gasteiger partial charge is 0.125 e. The molecule has 0 nitrogen and oxygen atoms in total. The Morgan fingerprint density at radius 3 is 2.38 bits per heavy atom. The molecule has 0 aromatic heterocycles. The molecule has 2 unspecified atom stereocenters. The highest BCUT2D eigenvalue weighted by molar-refractivity contribution is 5.24. The second-order valence-corrected chi connectivity index (χ2v) is 7.38. The van der Waals surface area contributed by atoms with Crippen LogP contribution in [0.1, 0.15) is 58.1 Å². The van der Waals surface area contributed by atoms with Gasteiger partial charge in [-0.05, 0) is 81.6 Å². The average molecular weight is 349 g/mol. The smallest absolute Gasteiger partial charge is 0.0105 e. The summed E-state index contributed by atoms with van der Waals surface area (Å²) in [6, 6.07) is 8.84. The lowest BCUT2D eigenvalue weighted by Crippen LogP contribution is -2.16. The van der Waals surface area contributed by atoms with Gasteiger partial charge in [-0.2, -0.15) is 0 Å². The molecule has 1 rings (SSSR count). The summed E-state index contributed by atoms with van der Waals surface area (Å²) in [5.41, 5.74) is 9.83. The predicted molar refractivity (Wildman–Crippen MR) is 117 cm³/mol. The minimum atomic E-state index is 0.424. The highest BCUT2D eigenvalue weighted by atomic mass is 14.3. The van der Waals surface area contributed by atoms with Gasteiger partial charge in [-0.1, -0.05) is 74.1 Å². The van der Waals surface area contributed by atoms with Gasteiger partial charge < -0.3 is 0 Å². The average Bonchev–Trinajstić information content (AvgIpc) is 2.62. The van der Waals surface area contributed by atoms with Gasteiger partial charge in [0.15, 0.2) is 0 Å². The quantitative estimate of drug-likeness (QED) is 0.230. The monoisotopic (exact) mass is 348 g/mol. The summed E-state index contributed by atoms with van der Waals surface area (Å²) in [6.45, 7) is 19.5. The standard InChI is InChI=1S/C26H36/c1-8-10-12-25(11-9-2)19-26(20(3)4)23(7)22(6)15-18-24-16-13-21(5)14-17-24/h8,11-14,16-17,23,26H,3,6,9,15,18-19H2,1-2,4-5,7H3/b25-11+. The topological polar surface area (TPSA) is 0 Å². The molecule has 0 heteroatoms. The number of aryl methyl sites for hydroxylation is 2. The van der Waals surface area contributed by atoms with Crippen molar-refractivity contribution in [3.05, 3.63) is 89.2 Å². The molecule has 0 heterocycles. The Morgan fingerprint density at radius 2 is 1.85 bits per heavy atom. The van der Waals surface area contributed by atoms with Crippen molar-refractivity contribution in [3.8, 4) is 0 Å². The maximum atomic E-state index is 4.41. The maximum absolute atomic E-state index is 4.41. The van der Waals surface area contributed by atoms with Crippen LogP contribution in [-0.2, 0) is 6.42 Å². The summed E-state index contributed by atoms with van der Waals surface area (Å²) < 4.78 is 0. The van der Waals surface area contributed by atoms with Gasteiger partial charge in [-0.15, -0.1) is 5.73 Å². The number of hydrogen-bond acceptors (Lipinski definition) is 0. The Morgan fingerprint density at radius 1 is 1.19 bits per heavy atom. The Kier molecular flexibility index (Phi) is 9.78. The van der Waals surface area contributed by atoms with Gasteiger partial charge in [0.2, 0.25) is 0 Å². The molecule has 0 fully saturated rings. The van der Waals surface area contributed by atoms with E-state index >= 15 is 0 Å². The Labute approximate surface area is 161 Å². The first-order valence-electron chi connectivity index (χ1n) is 9.83. The minimum absolute atomic E-state index is 0.424. The third-order valence-electron chi connectivity index (χ3n) is 5.09. The van der Waals surface area contributed by atoms with E-state index in [4.69, 9.17) is 0 Å². The molecule has 0 aliphatic carbocycles. The molecule has 140 valence electrons. The van der Waals surface area contributed by atoms with E-state index in [9.17, 15) is 0 Å². The zero-order valence-electron chi connectivity index (χ0n) is 17.4. The fraction of sp³-hybridized carbons (Fsp3) is 0.423. The second kappa shape index (κ2) is 11.6. The van der Waals surface area contributed by atoms with Crippen LogP contribution >= 0.6 is 0 Å². The normalized spacial score (nSPS) is 13.5. The molecule has 0 bridgehead atoms. The molecular weight excluding hydrogens is 312 g/mol. The summed E-state index contributed by atoms with van der Waals surface area (Å²) in [5.74, 6) is 0.852. The maximum Gasteiger partial charge on any atom is -0.0105 e. The summed E-state index contributed by atoms with van der Waals surface area (Å²) in [4.78, 5) is 0. The van der Waals surface area contributed by atoms with Crippen molar-refractivity contribution in [2.75, 3.05) is 0 Å². The molecule has 1 aromatic carbocycles. The lowest BCUT2D eigenvalue weighted by Gasteiger charge is -2.27. The van der Waals surface area contributed by atoms with Crippen molar-refractivity contribution in [2.45, 2.75) is 60.3 Å². The highest BCUT2D eigenvalue weighted by Gasteiger charge is 2.21. The van der Waals surface area contributed by atoms with E-state index in [1.165, 1.54) is 27.8 Å². The molecule has 0 N–H and O–H groups in total. The van der Waals surface area contributed by atoms with Crippen LogP contribution < -0.4 is 0 Å². The zero-order valence-corrected chi connectivity index (χ0v) is 17.4.